The highest BCUT2D eigenvalue weighted by Gasteiger charge is 2.29. The van der Waals surface area contributed by atoms with Crippen LogP contribution in [0.2, 0.25) is 0 Å². The SMILES string of the molecule is O=c1n(Cc2c(N3CCCCC3)cnc3ccccc23)cc(O)n1-c1ccc(SC(F)(F)F)cc1. The van der Waals surface area contributed by atoms with Crippen LogP contribution in [0.1, 0.15) is 24.8 Å². The van der Waals surface area contributed by atoms with E-state index in [4.69, 9.17) is 0 Å². The van der Waals surface area contributed by atoms with Crippen LogP contribution in [0.15, 0.2) is 70.6 Å². The molecule has 2 aromatic carbocycles. The Hall–Kier alpha value is -3.40. The number of fused-ring (bicyclic) bond motifs is 1. The number of imidazole rings is 1. The van der Waals surface area contributed by atoms with Gasteiger partial charge in [-0.05, 0) is 61.4 Å². The smallest absolute Gasteiger partial charge is 0.446 e. The number of thioether (sulfide) groups is 1. The predicted octanol–water partition coefficient (Wildman–Crippen LogP) is 5.54. The van der Waals surface area contributed by atoms with Gasteiger partial charge in [-0.2, -0.15) is 13.2 Å². The second-order valence-corrected chi connectivity index (χ2v) is 9.60. The van der Waals surface area contributed by atoms with E-state index in [-0.39, 0.29) is 34.8 Å². The normalized spacial score (nSPS) is 14.5. The van der Waals surface area contributed by atoms with Gasteiger partial charge in [-0.1, -0.05) is 18.2 Å². The Bertz CT molecular complexity index is 1410. The average Bonchev–Trinajstić information content (AvgIpc) is 3.12. The Morgan fingerprint density at radius 1 is 1.00 bits per heavy atom. The predicted molar refractivity (Wildman–Crippen MR) is 131 cm³/mol. The van der Waals surface area contributed by atoms with Crippen LogP contribution in [0.5, 0.6) is 5.88 Å². The monoisotopic (exact) mass is 500 g/mol. The lowest BCUT2D eigenvalue weighted by Crippen LogP contribution is -2.31. The molecule has 0 saturated carbocycles. The molecule has 4 aromatic rings. The second-order valence-electron chi connectivity index (χ2n) is 8.46. The van der Waals surface area contributed by atoms with Gasteiger partial charge in [0, 0.05) is 28.9 Å². The first-order valence-electron chi connectivity index (χ1n) is 11.3. The molecule has 0 radical (unpaired) electrons. The highest BCUT2D eigenvalue weighted by molar-refractivity contribution is 8.00. The van der Waals surface area contributed by atoms with Gasteiger partial charge in [0.1, 0.15) is 0 Å². The van der Waals surface area contributed by atoms with Gasteiger partial charge in [0.05, 0.1) is 35.8 Å². The van der Waals surface area contributed by atoms with Crippen molar-refractivity contribution in [3.8, 4) is 11.6 Å². The molecular formula is C25H23F3N4O2S. The quantitative estimate of drug-likeness (QED) is 0.365. The Balaban J connectivity index is 1.53. The topological polar surface area (TPSA) is 63.3 Å². The van der Waals surface area contributed by atoms with E-state index in [1.165, 1.54) is 41.5 Å². The summed E-state index contributed by atoms with van der Waals surface area (Å²) >= 11 is -0.229. The molecule has 2 aromatic heterocycles. The number of benzene rings is 2. The van der Waals surface area contributed by atoms with Crippen LogP contribution in [0.4, 0.5) is 18.9 Å². The van der Waals surface area contributed by atoms with E-state index >= 15 is 0 Å². The number of piperidine rings is 1. The van der Waals surface area contributed by atoms with Crippen molar-refractivity contribution in [3.63, 3.8) is 0 Å². The van der Waals surface area contributed by atoms with Crippen LogP contribution in [-0.2, 0) is 6.54 Å². The molecule has 35 heavy (non-hydrogen) atoms. The van der Waals surface area contributed by atoms with Gasteiger partial charge in [-0.25, -0.2) is 9.36 Å². The van der Waals surface area contributed by atoms with E-state index in [0.717, 1.165) is 52.7 Å². The summed E-state index contributed by atoms with van der Waals surface area (Å²) in [6, 6.07) is 13.1. The van der Waals surface area contributed by atoms with Crippen LogP contribution in [0, 0.1) is 0 Å². The summed E-state index contributed by atoms with van der Waals surface area (Å²) in [5.41, 5.74) is -1.87. The van der Waals surface area contributed by atoms with Crippen molar-refractivity contribution >= 4 is 28.4 Å². The first-order chi connectivity index (χ1) is 16.8. The molecule has 1 saturated heterocycles. The third-order valence-electron chi connectivity index (χ3n) is 6.16. The molecular weight excluding hydrogens is 477 g/mol. The molecule has 182 valence electrons. The molecule has 1 N–H and O–H groups in total. The number of halogens is 3. The maximum absolute atomic E-state index is 13.3. The molecule has 1 aliphatic rings. The molecule has 10 heteroatoms. The van der Waals surface area contributed by atoms with E-state index in [2.05, 4.69) is 9.88 Å². The van der Waals surface area contributed by atoms with Crippen molar-refractivity contribution in [2.75, 3.05) is 18.0 Å². The minimum absolute atomic E-state index is 0.00245. The van der Waals surface area contributed by atoms with Crippen molar-refractivity contribution in [1.29, 1.82) is 0 Å². The summed E-state index contributed by atoms with van der Waals surface area (Å²) in [6.45, 7) is 2.04. The number of alkyl halides is 3. The lowest BCUT2D eigenvalue weighted by molar-refractivity contribution is -0.0328. The van der Waals surface area contributed by atoms with Gasteiger partial charge < -0.3 is 10.0 Å². The molecule has 3 heterocycles. The van der Waals surface area contributed by atoms with Crippen LogP contribution >= 0.6 is 11.8 Å². The summed E-state index contributed by atoms with van der Waals surface area (Å²) in [5.74, 6) is -0.288. The zero-order chi connectivity index (χ0) is 24.6. The van der Waals surface area contributed by atoms with Gasteiger partial charge >= 0.3 is 11.2 Å². The van der Waals surface area contributed by atoms with E-state index in [1.807, 2.05) is 30.5 Å². The molecule has 1 fully saturated rings. The molecule has 1 aliphatic heterocycles. The van der Waals surface area contributed by atoms with Crippen molar-refractivity contribution < 1.29 is 18.3 Å². The number of aromatic nitrogens is 3. The van der Waals surface area contributed by atoms with Gasteiger partial charge in [-0.3, -0.25) is 9.55 Å². The molecule has 0 spiro atoms. The minimum Gasteiger partial charge on any atom is -0.493 e. The summed E-state index contributed by atoms with van der Waals surface area (Å²) < 4.78 is 40.4. The van der Waals surface area contributed by atoms with Gasteiger partial charge in [0.25, 0.3) is 0 Å². The van der Waals surface area contributed by atoms with Crippen LogP contribution in [-0.4, -0.2) is 37.8 Å². The maximum atomic E-state index is 13.3. The number of nitrogens with zero attached hydrogens (tertiary/aromatic N) is 4. The number of hydrogen-bond donors (Lipinski definition) is 1. The van der Waals surface area contributed by atoms with Crippen LogP contribution in [0.25, 0.3) is 16.6 Å². The highest BCUT2D eigenvalue weighted by atomic mass is 32.2. The number of pyridine rings is 1. The summed E-state index contributed by atoms with van der Waals surface area (Å²) in [5, 5.41) is 11.5. The largest absolute Gasteiger partial charge is 0.493 e. The molecule has 0 unspecified atom stereocenters. The van der Waals surface area contributed by atoms with Crippen LogP contribution in [0.3, 0.4) is 0 Å². The number of para-hydroxylation sites is 1. The number of hydrogen-bond acceptors (Lipinski definition) is 5. The molecule has 0 amide bonds. The van der Waals surface area contributed by atoms with E-state index in [9.17, 15) is 23.1 Å². The molecule has 6 nitrogen and oxygen atoms in total. The third-order valence-corrected chi connectivity index (χ3v) is 6.89. The Morgan fingerprint density at radius 2 is 1.71 bits per heavy atom. The van der Waals surface area contributed by atoms with Gasteiger partial charge in [-0.15, -0.1) is 0 Å². The fraction of sp³-hybridized carbons (Fsp3) is 0.280. The molecule has 5 rings (SSSR count). The Kier molecular flexibility index (Phi) is 6.22. The maximum Gasteiger partial charge on any atom is 0.446 e. The van der Waals surface area contributed by atoms with Gasteiger partial charge in [0.2, 0.25) is 5.88 Å². The number of anilines is 1. The van der Waals surface area contributed by atoms with Crippen molar-refractivity contribution in [1.82, 2.24) is 14.1 Å². The van der Waals surface area contributed by atoms with Gasteiger partial charge in [0.15, 0.2) is 0 Å². The minimum atomic E-state index is -4.40. The first-order valence-corrected chi connectivity index (χ1v) is 12.1. The Labute approximate surface area is 203 Å². The Morgan fingerprint density at radius 3 is 2.43 bits per heavy atom. The molecule has 0 atom stereocenters. The fourth-order valence-electron chi connectivity index (χ4n) is 4.56. The third kappa shape index (κ3) is 4.88. The van der Waals surface area contributed by atoms with E-state index in [0.29, 0.717) is 0 Å². The first kappa shape index (κ1) is 23.3. The summed E-state index contributed by atoms with van der Waals surface area (Å²) in [7, 11) is 0. The average molecular weight is 501 g/mol. The molecule has 0 aliphatic carbocycles. The lowest BCUT2D eigenvalue weighted by Gasteiger charge is -2.30. The second kappa shape index (κ2) is 9.33. The highest BCUT2D eigenvalue weighted by Crippen LogP contribution is 2.37. The van der Waals surface area contributed by atoms with Crippen LogP contribution < -0.4 is 10.6 Å². The van der Waals surface area contributed by atoms with E-state index in [1.54, 1.807) is 0 Å². The van der Waals surface area contributed by atoms with Crippen molar-refractivity contribution in [2.24, 2.45) is 0 Å². The standard InChI is InChI=1S/C25H23F3N4O2S/c26-25(27,28)35-18-10-8-17(9-11-18)32-23(33)16-31(24(32)34)15-20-19-6-2-3-7-21(19)29-14-22(20)30-12-4-1-5-13-30/h2-3,6-11,14,16,33H,1,4-5,12-13,15H2. The zero-order valence-corrected chi connectivity index (χ0v) is 19.5. The number of rotatable bonds is 5. The lowest BCUT2D eigenvalue weighted by atomic mass is 10.0. The summed E-state index contributed by atoms with van der Waals surface area (Å²) in [6.07, 6.45) is 6.57. The zero-order valence-electron chi connectivity index (χ0n) is 18.7. The van der Waals surface area contributed by atoms with E-state index < -0.39 is 11.2 Å². The van der Waals surface area contributed by atoms with Crippen molar-refractivity contribution in [3.05, 3.63) is 77.0 Å². The number of aromatic hydroxyl groups is 1. The summed E-state index contributed by atoms with van der Waals surface area (Å²) in [4.78, 5) is 20.2. The molecule has 0 bridgehead atoms. The fourth-order valence-corrected chi connectivity index (χ4v) is 5.10. The van der Waals surface area contributed by atoms with Crippen molar-refractivity contribution in [2.45, 2.75) is 36.2 Å².